The highest BCUT2D eigenvalue weighted by molar-refractivity contribution is 7.85. The van der Waals surface area contributed by atoms with E-state index in [4.69, 9.17) is 25.1 Å². The number of nitrogens with two attached hydrogens (primary N) is 1. The number of anilines is 2. The molecule has 180 valence electrons. The van der Waals surface area contributed by atoms with Gasteiger partial charge in [0.05, 0.1) is 28.2 Å². The predicted molar refractivity (Wildman–Crippen MR) is 126 cm³/mol. The molecule has 2 N–H and O–H groups in total. The summed E-state index contributed by atoms with van der Waals surface area (Å²) in [4.78, 5) is 12.5. The molecule has 0 saturated carbocycles. The second-order valence-corrected chi connectivity index (χ2v) is 10.7. The molecule has 6 rings (SSSR count). The smallest absolute Gasteiger partial charge is 0.227 e. The van der Waals surface area contributed by atoms with Crippen molar-refractivity contribution in [2.24, 2.45) is 5.84 Å². The summed E-state index contributed by atoms with van der Waals surface area (Å²) in [6.45, 7) is 2.79. The fourth-order valence-electron chi connectivity index (χ4n) is 5.19. The van der Waals surface area contributed by atoms with Crippen LogP contribution >= 0.6 is 0 Å². The van der Waals surface area contributed by atoms with Crippen molar-refractivity contribution < 1.29 is 17.9 Å². The summed E-state index contributed by atoms with van der Waals surface area (Å²) in [6.07, 6.45) is 3.95. The molecule has 0 amide bonds. The molecule has 3 aliphatic heterocycles. The van der Waals surface area contributed by atoms with Crippen LogP contribution in [0.1, 0.15) is 43.0 Å². The monoisotopic (exact) mass is 486 g/mol. The number of hydrazine groups is 1. The van der Waals surface area contributed by atoms with Crippen LogP contribution in [0.4, 0.5) is 16.2 Å². The van der Waals surface area contributed by atoms with Crippen molar-refractivity contribution in [1.82, 2.24) is 15.1 Å². The molecule has 1 unspecified atom stereocenters. The molecule has 0 aliphatic carbocycles. The van der Waals surface area contributed by atoms with E-state index in [1.807, 2.05) is 0 Å². The van der Waals surface area contributed by atoms with Crippen LogP contribution in [0.3, 0.4) is 0 Å². The normalized spacial score (nSPS) is 21.8. The molecule has 2 aromatic heterocycles. The van der Waals surface area contributed by atoms with Gasteiger partial charge in [0.2, 0.25) is 5.95 Å². The van der Waals surface area contributed by atoms with Gasteiger partial charge in [-0.2, -0.15) is 4.98 Å². The number of aromatic nitrogens is 3. The van der Waals surface area contributed by atoms with E-state index >= 15 is 0 Å². The third-order valence-corrected chi connectivity index (χ3v) is 8.56. The molecule has 0 radical (unpaired) electrons. The minimum absolute atomic E-state index is 0.102. The Morgan fingerprint density at radius 1 is 1.15 bits per heavy atom. The lowest BCUT2D eigenvalue weighted by Gasteiger charge is -2.34. The second kappa shape index (κ2) is 8.86. The maximum atomic E-state index is 13.8. The van der Waals surface area contributed by atoms with Crippen molar-refractivity contribution in [3.05, 3.63) is 35.4 Å². The lowest BCUT2D eigenvalue weighted by Crippen LogP contribution is -2.46. The maximum Gasteiger partial charge on any atom is 0.227 e. The van der Waals surface area contributed by atoms with Gasteiger partial charge in [-0.15, -0.1) is 0 Å². The van der Waals surface area contributed by atoms with Crippen molar-refractivity contribution in [1.29, 1.82) is 0 Å². The molecular formula is C23H27FN6O3S. The number of piperidine rings is 1. The third-order valence-electron chi connectivity index (χ3n) is 7.11. The van der Waals surface area contributed by atoms with Crippen LogP contribution in [-0.2, 0) is 22.0 Å². The zero-order valence-electron chi connectivity index (χ0n) is 18.8. The molecular weight excluding hydrogens is 459 g/mol. The summed E-state index contributed by atoms with van der Waals surface area (Å²) in [5.41, 5.74) is 2.25. The van der Waals surface area contributed by atoms with Crippen LogP contribution in [0.25, 0.3) is 11.0 Å². The van der Waals surface area contributed by atoms with Crippen molar-refractivity contribution in [2.75, 3.05) is 42.0 Å². The highest BCUT2D eigenvalue weighted by Crippen LogP contribution is 2.36. The van der Waals surface area contributed by atoms with Crippen LogP contribution in [0.5, 0.6) is 0 Å². The minimum atomic E-state index is -1.13. The number of fused-ring (bicyclic) bond motifs is 2. The van der Waals surface area contributed by atoms with E-state index < -0.39 is 10.8 Å². The highest BCUT2D eigenvalue weighted by atomic mass is 32.2. The zero-order valence-corrected chi connectivity index (χ0v) is 19.6. The standard InChI is InChI=1S/C23H27FN6O3S/c24-15-1-2-19-17(13-15)20(28-33-19)14-3-8-29(9-4-14)23-26-18-7-12-34(31)21(18)22(27-23)30(25)16-5-10-32-11-6-16/h1-2,13-14,16H,3-12,25H2. The minimum Gasteiger partial charge on any atom is -0.381 e. The number of halogens is 1. The number of benzene rings is 1. The van der Waals surface area contributed by atoms with Crippen LogP contribution in [-0.4, -0.2) is 57.4 Å². The lowest BCUT2D eigenvalue weighted by molar-refractivity contribution is 0.0842. The van der Waals surface area contributed by atoms with Gasteiger partial charge >= 0.3 is 0 Å². The van der Waals surface area contributed by atoms with Crippen molar-refractivity contribution in [2.45, 2.75) is 49.0 Å². The number of hydrogen-bond acceptors (Lipinski definition) is 9. The summed E-state index contributed by atoms with van der Waals surface area (Å²) >= 11 is 0. The summed E-state index contributed by atoms with van der Waals surface area (Å²) in [5.74, 6) is 8.20. The summed E-state index contributed by atoms with van der Waals surface area (Å²) in [5, 5.41) is 6.68. The molecule has 5 heterocycles. The SMILES string of the molecule is NN(c1nc(N2CCC(c3noc4ccc(F)cc34)CC2)nc2c1S(=O)CC2)C1CCOCC1. The first-order chi connectivity index (χ1) is 16.6. The average molecular weight is 487 g/mol. The van der Waals surface area contributed by atoms with Crippen molar-refractivity contribution in [3.8, 4) is 0 Å². The Kier molecular flexibility index (Phi) is 5.70. The number of nitrogens with zero attached hydrogens (tertiary/aromatic N) is 5. The van der Waals surface area contributed by atoms with E-state index in [-0.39, 0.29) is 17.8 Å². The van der Waals surface area contributed by atoms with E-state index in [2.05, 4.69) is 10.1 Å². The fourth-order valence-corrected chi connectivity index (χ4v) is 6.54. The molecule has 2 fully saturated rings. The van der Waals surface area contributed by atoms with Gasteiger partial charge in [-0.1, -0.05) is 5.16 Å². The Balaban J connectivity index is 1.25. The van der Waals surface area contributed by atoms with Crippen LogP contribution in [0.15, 0.2) is 27.6 Å². The van der Waals surface area contributed by atoms with E-state index in [1.165, 1.54) is 12.1 Å². The van der Waals surface area contributed by atoms with Gasteiger partial charge in [-0.05, 0) is 43.9 Å². The predicted octanol–water partition coefficient (Wildman–Crippen LogP) is 2.66. The van der Waals surface area contributed by atoms with Crippen LogP contribution < -0.4 is 15.8 Å². The lowest BCUT2D eigenvalue weighted by atomic mass is 9.92. The quantitative estimate of drug-likeness (QED) is 0.439. The molecule has 34 heavy (non-hydrogen) atoms. The number of hydrogen-bond donors (Lipinski definition) is 1. The summed E-state index contributed by atoms with van der Waals surface area (Å²) < 4.78 is 37.4. The molecule has 9 nitrogen and oxygen atoms in total. The van der Waals surface area contributed by atoms with Gasteiger partial charge in [-0.3, -0.25) is 9.22 Å². The first kappa shape index (κ1) is 21.9. The van der Waals surface area contributed by atoms with Crippen LogP contribution in [0, 0.1) is 5.82 Å². The van der Waals surface area contributed by atoms with E-state index in [1.54, 1.807) is 11.1 Å². The zero-order chi connectivity index (χ0) is 23.2. The van der Waals surface area contributed by atoms with Gasteiger partial charge in [0.25, 0.3) is 0 Å². The number of ether oxygens (including phenoxy) is 1. The van der Waals surface area contributed by atoms with Gasteiger partial charge < -0.3 is 14.2 Å². The molecule has 3 aliphatic rings. The maximum absolute atomic E-state index is 13.8. The first-order valence-electron chi connectivity index (χ1n) is 11.8. The van der Waals surface area contributed by atoms with Gasteiger partial charge in [0.1, 0.15) is 10.7 Å². The highest BCUT2D eigenvalue weighted by Gasteiger charge is 2.33. The summed E-state index contributed by atoms with van der Waals surface area (Å²) in [6, 6.07) is 4.61. The molecule has 1 aromatic carbocycles. The molecule has 0 bridgehead atoms. The molecule has 1 atom stereocenters. The van der Waals surface area contributed by atoms with Crippen LogP contribution in [0.2, 0.25) is 0 Å². The van der Waals surface area contributed by atoms with Crippen molar-refractivity contribution in [3.63, 3.8) is 0 Å². The Labute approximate surface area is 198 Å². The van der Waals surface area contributed by atoms with E-state index in [0.29, 0.717) is 47.6 Å². The average Bonchev–Trinajstić information content (AvgIpc) is 3.47. The van der Waals surface area contributed by atoms with Gasteiger partial charge in [-0.25, -0.2) is 15.2 Å². The van der Waals surface area contributed by atoms with E-state index in [0.717, 1.165) is 55.5 Å². The fraction of sp³-hybridized carbons (Fsp3) is 0.522. The molecule has 2 saturated heterocycles. The van der Waals surface area contributed by atoms with Gasteiger partial charge in [0, 0.05) is 49.8 Å². The number of aryl methyl sites for hydroxylation is 1. The topological polar surface area (TPSA) is 111 Å². The number of rotatable bonds is 4. The summed E-state index contributed by atoms with van der Waals surface area (Å²) in [7, 11) is -1.13. The van der Waals surface area contributed by atoms with Gasteiger partial charge in [0.15, 0.2) is 11.4 Å². The van der Waals surface area contributed by atoms with E-state index in [9.17, 15) is 8.60 Å². The largest absolute Gasteiger partial charge is 0.381 e. The second-order valence-electron chi connectivity index (χ2n) is 9.14. The Bertz CT molecular complexity index is 1240. The molecule has 0 spiro atoms. The first-order valence-corrected chi connectivity index (χ1v) is 13.1. The molecule has 3 aromatic rings. The Morgan fingerprint density at radius 3 is 2.74 bits per heavy atom. The Morgan fingerprint density at radius 2 is 1.94 bits per heavy atom. The third kappa shape index (κ3) is 3.85. The van der Waals surface area contributed by atoms with Crippen molar-refractivity contribution >= 4 is 33.5 Å². The molecule has 11 heteroatoms. The Hall–Kier alpha value is -2.63.